The monoisotopic (exact) mass is 402 g/mol. The van der Waals surface area contributed by atoms with Crippen molar-refractivity contribution in [1.29, 1.82) is 0 Å². The predicted molar refractivity (Wildman–Crippen MR) is 116 cm³/mol. The van der Waals surface area contributed by atoms with Crippen molar-refractivity contribution < 1.29 is 9.50 Å². The summed E-state index contributed by atoms with van der Waals surface area (Å²) in [6.07, 6.45) is 3.15. The summed E-state index contributed by atoms with van der Waals surface area (Å²) in [6.45, 7) is 10.0. The van der Waals surface area contributed by atoms with Crippen LogP contribution < -0.4 is 0 Å². The summed E-state index contributed by atoms with van der Waals surface area (Å²) >= 11 is 0. The Morgan fingerprint density at radius 2 is 1.97 bits per heavy atom. The molecule has 3 heterocycles. The van der Waals surface area contributed by atoms with E-state index in [9.17, 15) is 9.50 Å². The zero-order valence-electron chi connectivity index (χ0n) is 17.8. The summed E-state index contributed by atoms with van der Waals surface area (Å²) in [7, 11) is 2.21. The highest BCUT2D eigenvalue weighted by atomic mass is 19.1. The van der Waals surface area contributed by atoms with Crippen molar-refractivity contribution in [3.8, 4) is 0 Å². The van der Waals surface area contributed by atoms with Crippen LogP contribution >= 0.6 is 0 Å². The van der Waals surface area contributed by atoms with Gasteiger partial charge in [-0.25, -0.2) is 4.39 Å². The second-order valence-electron chi connectivity index (χ2n) is 8.97. The summed E-state index contributed by atoms with van der Waals surface area (Å²) in [4.78, 5) is 11.2. The number of aromatic amines is 1. The van der Waals surface area contributed by atoms with Gasteiger partial charge < -0.3 is 15.0 Å². The van der Waals surface area contributed by atoms with Gasteiger partial charge in [-0.1, -0.05) is 0 Å². The lowest BCUT2D eigenvalue weighted by atomic mass is 9.86. The summed E-state index contributed by atoms with van der Waals surface area (Å²) < 4.78 is 13.6. The molecule has 2 aliphatic rings. The second-order valence-corrected chi connectivity index (χ2v) is 8.97. The molecule has 0 saturated carbocycles. The molecular weight excluding hydrogens is 367 g/mol. The van der Waals surface area contributed by atoms with Crippen LogP contribution in [0.2, 0.25) is 0 Å². The molecule has 2 aromatic rings. The molecule has 1 aromatic heterocycles. The highest BCUT2D eigenvalue weighted by Gasteiger charge is 2.34. The molecule has 0 spiro atoms. The normalized spacial score (nSPS) is 25.1. The van der Waals surface area contributed by atoms with Crippen LogP contribution in [0.5, 0.6) is 0 Å². The first kappa shape index (κ1) is 20.8. The number of hydrogen-bond donors (Lipinski definition) is 2. The Kier molecular flexibility index (Phi) is 6.54. The molecule has 6 heteroatoms. The van der Waals surface area contributed by atoms with E-state index in [1.165, 1.54) is 18.2 Å². The molecule has 0 unspecified atom stereocenters. The van der Waals surface area contributed by atoms with Gasteiger partial charge in [0.25, 0.3) is 0 Å². The SMILES string of the molecule is Cc1c(CN2CC[C@@H](N3CCN(C)CC3)[C@@H](CCCO)C2)[nH]c2ccc(F)cc12. The van der Waals surface area contributed by atoms with Crippen molar-refractivity contribution in [2.75, 3.05) is 52.9 Å². The van der Waals surface area contributed by atoms with Crippen molar-refractivity contribution >= 4 is 10.9 Å². The first-order valence-corrected chi connectivity index (χ1v) is 11.1. The van der Waals surface area contributed by atoms with E-state index in [1.807, 2.05) is 6.07 Å². The van der Waals surface area contributed by atoms with Gasteiger partial charge in [0.15, 0.2) is 0 Å². The second kappa shape index (κ2) is 9.13. The van der Waals surface area contributed by atoms with Gasteiger partial charge in [0.1, 0.15) is 5.82 Å². The van der Waals surface area contributed by atoms with E-state index in [1.54, 1.807) is 6.07 Å². The Morgan fingerprint density at radius 3 is 2.72 bits per heavy atom. The van der Waals surface area contributed by atoms with E-state index >= 15 is 0 Å². The van der Waals surface area contributed by atoms with E-state index in [0.717, 1.165) is 75.1 Å². The molecule has 2 fully saturated rings. The third-order valence-corrected chi connectivity index (χ3v) is 7.02. The molecule has 0 radical (unpaired) electrons. The van der Waals surface area contributed by atoms with Crippen LogP contribution in [-0.4, -0.2) is 83.8 Å². The number of fused-ring (bicyclic) bond motifs is 1. The molecule has 29 heavy (non-hydrogen) atoms. The van der Waals surface area contributed by atoms with Gasteiger partial charge >= 0.3 is 0 Å². The number of halogens is 1. The minimum Gasteiger partial charge on any atom is -0.396 e. The number of aliphatic hydroxyl groups excluding tert-OH is 1. The Balaban J connectivity index is 1.45. The number of aryl methyl sites for hydroxylation is 1. The van der Waals surface area contributed by atoms with Crippen LogP contribution in [0.3, 0.4) is 0 Å². The number of likely N-dealkylation sites (tertiary alicyclic amines) is 1. The standard InChI is InChI=1S/C23H35FN4O/c1-17-20-14-19(24)5-6-21(20)25-22(17)16-27-8-7-23(18(15-27)4-3-13-29)28-11-9-26(2)10-12-28/h5-6,14,18,23,25,29H,3-4,7-13,15-16H2,1-2H3/t18-,23+/m0/s1. The van der Waals surface area contributed by atoms with Gasteiger partial charge in [-0.3, -0.25) is 9.80 Å². The predicted octanol–water partition coefficient (Wildman–Crippen LogP) is 2.83. The molecular formula is C23H35FN4O. The van der Waals surface area contributed by atoms with E-state index < -0.39 is 0 Å². The van der Waals surface area contributed by atoms with Gasteiger partial charge in [0, 0.05) is 75.1 Å². The Labute approximate surface area is 173 Å². The van der Waals surface area contributed by atoms with E-state index in [2.05, 4.69) is 33.7 Å². The number of benzene rings is 1. The van der Waals surface area contributed by atoms with Crippen molar-refractivity contribution in [3.63, 3.8) is 0 Å². The lowest BCUT2D eigenvalue weighted by molar-refractivity contribution is 0.0208. The maximum Gasteiger partial charge on any atom is 0.123 e. The largest absolute Gasteiger partial charge is 0.396 e. The van der Waals surface area contributed by atoms with Gasteiger partial charge in [-0.2, -0.15) is 0 Å². The number of nitrogens with zero attached hydrogens (tertiary/aromatic N) is 3. The summed E-state index contributed by atoms with van der Waals surface area (Å²) in [5, 5.41) is 10.4. The number of nitrogens with one attached hydrogen (secondary N) is 1. The minimum atomic E-state index is -0.178. The first-order valence-electron chi connectivity index (χ1n) is 11.1. The minimum absolute atomic E-state index is 0.178. The van der Waals surface area contributed by atoms with E-state index in [-0.39, 0.29) is 12.4 Å². The maximum atomic E-state index is 13.6. The number of aliphatic hydroxyl groups is 1. The number of piperazine rings is 1. The average Bonchev–Trinajstić information content (AvgIpc) is 3.02. The molecule has 2 aliphatic heterocycles. The quantitative estimate of drug-likeness (QED) is 0.780. The lowest BCUT2D eigenvalue weighted by Gasteiger charge is -2.46. The maximum absolute atomic E-state index is 13.6. The number of piperidine rings is 1. The molecule has 4 rings (SSSR count). The Hall–Kier alpha value is -1.47. The molecule has 2 saturated heterocycles. The van der Waals surface area contributed by atoms with Crippen LogP contribution in [0, 0.1) is 18.7 Å². The number of rotatable bonds is 6. The zero-order valence-corrected chi connectivity index (χ0v) is 17.8. The van der Waals surface area contributed by atoms with Crippen LogP contribution in [0.1, 0.15) is 30.5 Å². The van der Waals surface area contributed by atoms with E-state index in [0.29, 0.717) is 12.0 Å². The Bertz CT molecular complexity index is 815. The molecule has 1 aromatic carbocycles. The molecule has 5 nitrogen and oxygen atoms in total. The fourth-order valence-corrected chi connectivity index (χ4v) is 5.25. The van der Waals surface area contributed by atoms with Crippen molar-refractivity contribution in [1.82, 2.24) is 19.7 Å². The van der Waals surface area contributed by atoms with Crippen molar-refractivity contribution in [3.05, 3.63) is 35.3 Å². The van der Waals surface area contributed by atoms with Crippen LogP contribution in [-0.2, 0) is 6.54 Å². The molecule has 2 atom stereocenters. The highest BCUT2D eigenvalue weighted by molar-refractivity contribution is 5.84. The fourth-order valence-electron chi connectivity index (χ4n) is 5.25. The van der Waals surface area contributed by atoms with Gasteiger partial charge in [-0.05, 0) is 62.9 Å². The molecule has 0 aliphatic carbocycles. The summed E-state index contributed by atoms with van der Waals surface area (Å²) in [6, 6.07) is 5.62. The Morgan fingerprint density at radius 1 is 1.17 bits per heavy atom. The summed E-state index contributed by atoms with van der Waals surface area (Å²) in [5.74, 6) is 0.421. The third-order valence-electron chi connectivity index (χ3n) is 7.02. The summed E-state index contributed by atoms with van der Waals surface area (Å²) in [5.41, 5.74) is 3.38. The third kappa shape index (κ3) is 4.66. The van der Waals surface area contributed by atoms with Crippen molar-refractivity contribution in [2.45, 2.75) is 38.8 Å². The number of likely N-dealkylation sites (N-methyl/N-ethyl adjacent to an activating group) is 1. The van der Waals surface area contributed by atoms with Crippen LogP contribution in [0.15, 0.2) is 18.2 Å². The number of hydrogen-bond acceptors (Lipinski definition) is 4. The average molecular weight is 403 g/mol. The number of H-pyrrole nitrogens is 1. The van der Waals surface area contributed by atoms with Crippen molar-refractivity contribution in [2.24, 2.45) is 5.92 Å². The zero-order chi connectivity index (χ0) is 20.4. The molecule has 2 N–H and O–H groups in total. The topological polar surface area (TPSA) is 45.7 Å². The first-order chi connectivity index (χ1) is 14.0. The lowest BCUT2D eigenvalue weighted by Crippen LogP contribution is -2.56. The molecule has 0 bridgehead atoms. The van der Waals surface area contributed by atoms with Crippen LogP contribution in [0.25, 0.3) is 10.9 Å². The molecule has 160 valence electrons. The van der Waals surface area contributed by atoms with Crippen LogP contribution in [0.4, 0.5) is 4.39 Å². The van der Waals surface area contributed by atoms with Gasteiger partial charge in [-0.15, -0.1) is 0 Å². The smallest absolute Gasteiger partial charge is 0.123 e. The number of aromatic nitrogens is 1. The van der Waals surface area contributed by atoms with E-state index in [4.69, 9.17) is 0 Å². The highest BCUT2D eigenvalue weighted by Crippen LogP contribution is 2.29. The molecule has 0 amide bonds. The van der Waals surface area contributed by atoms with Gasteiger partial charge in [0.2, 0.25) is 0 Å². The fraction of sp³-hybridized carbons (Fsp3) is 0.652. The van der Waals surface area contributed by atoms with Gasteiger partial charge in [0.05, 0.1) is 0 Å².